The molecule has 4 nitrogen and oxygen atoms in total. The number of benzene rings is 1. The molecule has 0 saturated heterocycles. The Hall–Kier alpha value is -1.84. The molecule has 1 aliphatic rings. The van der Waals surface area contributed by atoms with E-state index in [9.17, 15) is 9.59 Å². The van der Waals surface area contributed by atoms with Crippen LogP contribution in [0.5, 0.6) is 0 Å². The summed E-state index contributed by atoms with van der Waals surface area (Å²) in [4.78, 5) is 22.9. The van der Waals surface area contributed by atoms with Gasteiger partial charge in [-0.3, -0.25) is 9.59 Å². The van der Waals surface area contributed by atoms with Gasteiger partial charge in [-0.2, -0.15) is 0 Å². The maximum Gasteiger partial charge on any atom is 0.230 e. The first kappa shape index (κ1) is 12.6. The fourth-order valence-corrected chi connectivity index (χ4v) is 2.18. The van der Waals surface area contributed by atoms with Gasteiger partial charge >= 0.3 is 0 Å². The zero-order valence-corrected chi connectivity index (χ0v) is 10.7. The van der Waals surface area contributed by atoms with Gasteiger partial charge in [0.2, 0.25) is 11.8 Å². The molecule has 0 aliphatic heterocycles. The second-order valence-corrected chi connectivity index (χ2v) is 4.70. The van der Waals surface area contributed by atoms with Crippen molar-refractivity contribution in [3.05, 3.63) is 29.8 Å². The van der Waals surface area contributed by atoms with Crippen molar-refractivity contribution in [3.8, 4) is 0 Å². The van der Waals surface area contributed by atoms with Gasteiger partial charge in [0.25, 0.3) is 0 Å². The monoisotopic (exact) mass is 246 g/mol. The zero-order valence-electron chi connectivity index (χ0n) is 10.7. The molecule has 0 spiro atoms. The van der Waals surface area contributed by atoms with Crippen LogP contribution in [-0.4, -0.2) is 18.4 Å². The summed E-state index contributed by atoms with van der Waals surface area (Å²) in [5.41, 5.74) is 1.46. The van der Waals surface area contributed by atoms with Crippen molar-refractivity contribution in [2.45, 2.75) is 32.1 Å². The summed E-state index contributed by atoms with van der Waals surface area (Å²) in [6, 6.07) is 7.53. The standard InChI is InChI=1S/C14H18N2O2/c1-3-15-13(18)14(8-9-14)11-4-6-12(7-5-11)16-10(2)17/h4-7H,3,8-9H2,1-2H3,(H,15,18)(H,16,17). The number of hydrogen-bond acceptors (Lipinski definition) is 2. The summed E-state index contributed by atoms with van der Waals surface area (Å²) in [6.45, 7) is 4.06. The lowest BCUT2D eigenvalue weighted by Crippen LogP contribution is -2.34. The fraction of sp³-hybridized carbons (Fsp3) is 0.429. The lowest BCUT2D eigenvalue weighted by atomic mass is 9.95. The molecule has 0 heterocycles. The average Bonchev–Trinajstić information content (AvgIpc) is 3.11. The van der Waals surface area contributed by atoms with Crippen molar-refractivity contribution in [3.63, 3.8) is 0 Å². The Bertz CT molecular complexity index is 461. The van der Waals surface area contributed by atoms with Crippen molar-refractivity contribution in [1.82, 2.24) is 5.32 Å². The number of amides is 2. The highest BCUT2D eigenvalue weighted by molar-refractivity contribution is 5.92. The molecule has 2 N–H and O–H groups in total. The van der Waals surface area contributed by atoms with Crippen LogP contribution in [0.25, 0.3) is 0 Å². The van der Waals surface area contributed by atoms with Crippen LogP contribution in [0.3, 0.4) is 0 Å². The van der Waals surface area contributed by atoms with Gasteiger partial charge in [0.05, 0.1) is 5.41 Å². The van der Waals surface area contributed by atoms with Crippen molar-refractivity contribution in [1.29, 1.82) is 0 Å². The zero-order chi connectivity index (χ0) is 13.2. The van der Waals surface area contributed by atoms with Gasteiger partial charge in [-0.15, -0.1) is 0 Å². The molecule has 18 heavy (non-hydrogen) atoms. The SMILES string of the molecule is CCNC(=O)C1(c2ccc(NC(C)=O)cc2)CC1. The Morgan fingerprint density at radius 2 is 1.83 bits per heavy atom. The smallest absolute Gasteiger partial charge is 0.230 e. The van der Waals surface area contributed by atoms with Gasteiger partial charge in [-0.25, -0.2) is 0 Å². The molecule has 2 rings (SSSR count). The molecule has 0 unspecified atom stereocenters. The van der Waals surface area contributed by atoms with Gasteiger partial charge < -0.3 is 10.6 Å². The maximum absolute atomic E-state index is 12.0. The van der Waals surface area contributed by atoms with Crippen molar-refractivity contribution < 1.29 is 9.59 Å². The summed E-state index contributed by atoms with van der Waals surface area (Å²) in [6.07, 6.45) is 1.80. The van der Waals surface area contributed by atoms with Crippen molar-refractivity contribution >= 4 is 17.5 Å². The molecule has 0 aromatic heterocycles. The first-order valence-electron chi connectivity index (χ1n) is 6.25. The van der Waals surface area contributed by atoms with Crippen LogP contribution in [0.15, 0.2) is 24.3 Å². The van der Waals surface area contributed by atoms with E-state index in [0.717, 1.165) is 24.1 Å². The number of hydrogen-bond donors (Lipinski definition) is 2. The predicted molar refractivity (Wildman–Crippen MR) is 70.3 cm³/mol. The molecule has 2 amide bonds. The molecule has 0 atom stereocenters. The minimum Gasteiger partial charge on any atom is -0.356 e. The summed E-state index contributed by atoms with van der Waals surface area (Å²) >= 11 is 0. The van der Waals surface area contributed by atoms with Gasteiger partial charge in [0.15, 0.2) is 0 Å². The third-order valence-electron chi connectivity index (χ3n) is 3.28. The Morgan fingerprint density at radius 1 is 1.22 bits per heavy atom. The van der Waals surface area contributed by atoms with Gasteiger partial charge in [0, 0.05) is 19.2 Å². The van der Waals surface area contributed by atoms with E-state index in [0.29, 0.717) is 6.54 Å². The molecule has 1 aliphatic carbocycles. The number of likely N-dealkylation sites (N-methyl/N-ethyl adjacent to an activating group) is 1. The molecule has 1 aromatic carbocycles. The Labute approximate surface area is 107 Å². The van der Waals surface area contributed by atoms with Crippen LogP contribution >= 0.6 is 0 Å². The van der Waals surface area contributed by atoms with E-state index in [-0.39, 0.29) is 17.2 Å². The van der Waals surface area contributed by atoms with E-state index in [4.69, 9.17) is 0 Å². The third kappa shape index (κ3) is 2.37. The molecule has 1 fully saturated rings. The summed E-state index contributed by atoms with van der Waals surface area (Å²) in [5.74, 6) is 0.0184. The molecule has 0 bridgehead atoms. The second-order valence-electron chi connectivity index (χ2n) is 4.70. The van der Waals surface area contributed by atoms with Crippen LogP contribution < -0.4 is 10.6 Å². The lowest BCUT2D eigenvalue weighted by molar-refractivity contribution is -0.123. The summed E-state index contributed by atoms with van der Waals surface area (Å²) in [7, 11) is 0. The van der Waals surface area contributed by atoms with E-state index < -0.39 is 0 Å². The minimum absolute atomic E-state index is 0.0902. The van der Waals surface area contributed by atoms with E-state index in [1.54, 1.807) is 0 Å². The van der Waals surface area contributed by atoms with Crippen LogP contribution in [-0.2, 0) is 15.0 Å². The summed E-state index contributed by atoms with van der Waals surface area (Å²) < 4.78 is 0. The normalized spacial score (nSPS) is 15.9. The molecular weight excluding hydrogens is 228 g/mol. The quantitative estimate of drug-likeness (QED) is 0.851. The maximum atomic E-state index is 12.0. The van der Waals surface area contributed by atoms with E-state index >= 15 is 0 Å². The molecule has 0 radical (unpaired) electrons. The molecule has 96 valence electrons. The lowest BCUT2D eigenvalue weighted by Gasteiger charge is -2.15. The second kappa shape index (κ2) is 4.80. The Morgan fingerprint density at radius 3 is 2.28 bits per heavy atom. The van der Waals surface area contributed by atoms with Crippen LogP contribution in [0.1, 0.15) is 32.3 Å². The average molecular weight is 246 g/mol. The van der Waals surface area contributed by atoms with Crippen LogP contribution in [0.4, 0.5) is 5.69 Å². The van der Waals surface area contributed by atoms with E-state index in [2.05, 4.69) is 10.6 Å². The highest BCUT2D eigenvalue weighted by Crippen LogP contribution is 2.48. The number of anilines is 1. The van der Waals surface area contributed by atoms with Gasteiger partial charge in [-0.05, 0) is 37.5 Å². The van der Waals surface area contributed by atoms with Gasteiger partial charge in [-0.1, -0.05) is 12.1 Å². The first-order chi connectivity index (χ1) is 8.58. The fourth-order valence-electron chi connectivity index (χ4n) is 2.18. The van der Waals surface area contributed by atoms with Crippen molar-refractivity contribution in [2.24, 2.45) is 0 Å². The van der Waals surface area contributed by atoms with Crippen LogP contribution in [0, 0.1) is 0 Å². The van der Waals surface area contributed by atoms with Gasteiger partial charge in [0.1, 0.15) is 0 Å². The topological polar surface area (TPSA) is 58.2 Å². The molecular formula is C14H18N2O2. The summed E-state index contributed by atoms with van der Waals surface area (Å²) in [5, 5.41) is 5.60. The molecule has 1 saturated carbocycles. The van der Waals surface area contributed by atoms with E-state index in [1.807, 2.05) is 31.2 Å². The minimum atomic E-state index is -0.329. The largest absolute Gasteiger partial charge is 0.356 e. The third-order valence-corrected chi connectivity index (χ3v) is 3.28. The number of nitrogens with one attached hydrogen (secondary N) is 2. The number of carbonyl (C=O) groups excluding carboxylic acids is 2. The Kier molecular flexibility index (Phi) is 3.36. The highest BCUT2D eigenvalue weighted by Gasteiger charge is 2.50. The Balaban J connectivity index is 2.14. The van der Waals surface area contributed by atoms with Crippen molar-refractivity contribution in [2.75, 3.05) is 11.9 Å². The molecule has 4 heteroatoms. The number of rotatable bonds is 4. The predicted octanol–water partition coefficient (Wildman–Crippen LogP) is 1.81. The van der Waals surface area contributed by atoms with E-state index in [1.165, 1.54) is 6.92 Å². The number of carbonyl (C=O) groups is 2. The highest BCUT2D eigenvalue weighted by atomic mass is 16.2. The van der Waals surface area contributed by atoms with Crippen LogP contribution in [0.2, 0.25) is 0 Å². The first-order valence-corrected chi connectivity index (χ1v) is 6.25. The molecule has 1 aromatic rings.